The van der Waals surface area contributed by atoms with Gasteiger partial charge in [0.15, 0.2) is 5.82 Å². The quantitative estimate of drug-likeness (QED) is 0.762. The Morgan fingerprint density at radius 1 is 1.12 bits per heavy atom. The van der Waals surface area contributed by atoms with Crippen LogP contribution < -0.4 is 10.2 Å². The van der Waals surface area contributed by atoms with Crippen LogP contribution in [0.5, 0.6) is 5.75 Å². The molecule has 26 heavy (non-hydrogen) atoms. The van der Waals surface area contributed by atoms with Gasteiger partial charge in [0.25, 0.3) is 5.91 Å². The first-order valence-electron chi connectivity index (χ1n) is 8.24. The van der Waals surface area contributed by atoms with Crippen LogP contribution in [0.4, 0.5) is 5.82 Å². The van der Waals surface area contributed by atoms with Crippen LogP contribution in [-0.4, -0.2) is 33.7 Å². The van der Waals surface area contributed by atoms with E-state index in [0.29, 0.717) is 11.6 Å². The molecule has 1 unspecified atom stereocenters. The van der Waals surface area contributed by atoms with Gasteiger partial charge in [-0.1, -0.05) is 30.3 Å². The number of carbonyl (C=O) groups is 1. The first-order chi connectivity index (χ1) is 12.7. The maximum Gasteiger partial charge on any atom is 0.252 e. The number of amides is 1. The first-order valence-corrected chi connectivity index (χ1v) is 9.29. The first kappa shape index (κ1) is 16.7. The maximum atomic E-state index is 12.5. The molecule has 2 aromatic carbocycles. The van der Waals surface area contributed by atoms with Crippen LogP contribution >= 0.6 is 11.8 Å². The highest BCUT2D eigenvalue weighted by molar-refractivity contribution is 8.00. The van der Waals surface area contributed by atoms with Crippen molar-refractivity contribution in [2.24, 2.45) is 0 Å². The fraction of sp³-hybridized carbons (Fsp3) is 0.211. The molecule has 1 atom stereocenters. The van der Waals surface area contributed by atoms with E-state index < -0.39 is 0 Å². The number of hydrazine groups is 1. The number of fused-ring (bicyclic) bond motifs is 1. The van der Waals surface area contributed by atoms with Crippen molar-refractivity contribution in [3.8, 4) is 5.75 Å². The number of methoxy groups -OCH3 is 1. The molecule has 7 heteroatoms. The van der Waals surface area contributed by atoms with Crippen molar-refractivity contribution in [2.45, 2.75) is 12.3 Å². The van der Waals surface area contributed by atoms with Crippen molar-refractivity contribution < 1.29 is 9.53 Å². The predicted octanol–water partition coefficient (Wildman–Crippen LogP) is 3.55. The van der Waals surface area contributed by atoms with Gasteiger partial charge in [0.1, 0.15) is 11.1 Å². The Labute approximate surface area is 155 Å². The third kappa shape index (κ3) is 2.94. The number of nitrogens with one attached hydrogen (secondary N) is 1. The molecule has 0 spiro atoms. The molecule has 0 bridgehead atoms. The van der Waals surface area contributed by atoms with Gasteiger partial charge in [-0.3, -0.25) is 10.2 Å². The van der Waals surface area contributed by atoms with E-state index in [9.17, 15) is 4.79 Å². The highest BCUT2D eigenvalue weighted by Crippen LogP contribution is 2.42. The molecule has 0 saturated carbocycles. The number of carbonyl (C=O) groups excluding carboxylic acids is 1. The summed E-state index contributed by atoms with van der Waals surface area (Å²) in [5.41, 5.74) is 6.49. The minimum Gasteiger partial charge on any atom is -0.496 e. The Morgan fingerprint density at radius 3 is 2.58 bits per heavy atom. The number of hydrogen-bond donors (Lipinski definition) is 1. The lowest BCUT2D eigenvalue weighted by Gasteiger charge is -2.26. The average Bonchev–Trinajstić information content (AvgIpc) is 3.02. The lowest BCUT2D eigenvalue weighted by Crippen LogP contribution is -2.34. The summed E-state index contributed by atoms with van der Waals surface area (Å²) in [4.78, 5) is 21.7. The molecule has 1 saturated heterocycles. The van der Waals surface area contributed by atoms with Gasteiger partial charge in [-0.15, -0.1) is 11.8 Å². The molecule has 4 rings (SSSR count). The van der Waals surface area contributed by atoms with Crippen molar-refractivity contribution >= 4 is 34.5 Å². The number of rotatable bonds is 4. The molecule has 2 heterocycles. The van der Waals surface area contributed by atoms with E-state index in [0.717, 1.165) is 28.0 Å². The molecule has 1 amide bonds. The molecule has 1 aliphatic heterocycles. The SMILES string of the molecule is COc1ccccc1C1SCC(=O)N1Nc1nc2ccccc2nc1C. The molecule has 1 aromatic heterocycles. The minimum absolute atomic E-state index is 0.000245. The Hall–Kier alpha value is -2.80. The van der Waals surface area contributed by atoms with E-state index in [-0.39, 0.29) is 11.3 Å². The van der Waals surface area contributed by atoms with Crippen molar-refractivity contribution in [1.82, 2.24) is 15.0 Å². The molecule has 3 aromatic rings. The lowest BCUT2D eigenvalue weighted by molar-refractivity contribution is -0.126. The number of aromatic nitrogens is 2. The van der Waals surface area contributed by atoms with Crippen LogP contribution in [0, 0.1) is 6.92 Å². The van der Waals surface area contributed by atoms with Crippen molar-refractivity contribution in [3.05, 3.63) is 59.8 Å². The van der Waals surface area contributed by atoms with Crippen molar-refractivity contribution in [1.29, 1.82) is 0 Å². The second-order valence-electron chi connectivity index (χ2n) is 5.93. The third-order valence-corrected chi connectivity index (χ3v) is 5.44. The van der Waals surface area contributed by atoms with Gasteiger partial charge in [-0.25, -0.2) is 15.0 Å². The number of hydrogen-bond acceptors (Lipinski definition) is 6. The summed E-state index contributed by atoms with van der Waals surface area (Å²) in [6, 6.07) is 15.4. The molecular weight excluding hydrogens is 348 g/mol. The van der Waals surface area contributed by atoms with Crippen LogP contribution in [-0.2, 0) is 4.79 Å². The second kappa shape index (κ2) is 6.84. The molecule has 1 fully saturated rings. The standard InChI is InChI=1S/C19H18N4O2S/c1-12-18(21-15-9-5-4-8-14(15)20-12)22-23-17(24)11-26-19(23)13-7-3-6-10-16(13)25-2/h3-10,19H,11H2,1-2H3,(H,21,22). The van der Waals surface area contributed by atoms with Gasteiger partial charge in [-0.05, 0) is 25.1 Å². The summed E-state index contributed by atoms with van der Waals surface area (Å²) < 4.78 is 5.47. The van der Waals surface area contributed by atoms with Gasteiger partial charge in [0.2, 0.25) is 0 Å². The Balaban J connectivity index is 1.69. The monoisotopic (exact) mass is 366 g/mol. The highest BCUT2D eigenvalue weighted by Gasteiger charge is 2.35. The van der Waals surface area contributed by atoms with E-state index in [1.165, 1.54) is 0 Å². The Morgan fingerprint density at radius 2 is 1.81 bits per heavy atom. The van der Waals surface area contributed by atoms with Gasteiger partial charge in [0.05, 0.1) is 29.6 Å². The van der Waals surface area contributed by atoms with Gasteiger partial charge in [-0.2, -0.15) is 0 Å². The van der Waals surface area contributed by atoms with E-state index in [1.54, 1.807) is 23.9 Å². The summed E-state index contributed by atoms with van der Waals surface area (Å²) in [6.07, 6.45) is 0. The fourth-order valence-electron chi connectivity index (χ4n) is 2.95. The van der Waals surface area contributed by atoms with Crippen molar-refractivity contribution in [3.63, 3.8) is 0 Å². The largest absolute Gasteiger partial charge is 0.496 e. The summed E-state index contributed by atoms with van der Waals surface area (Å²) in [5, 5.41) is 1.43. The average molecular weight is 366 g/mol. The van der Waals surface area contributed by atoms with E-state index in [4.69, 9.17) is 4.74 Å². The van der Waals surface area contributed by atoms with Crippen LogP contribution in [0.2, 0.25) is 0 Å². The summed E-state index contributed by atoms with van der Waals surface area (Å²) in [6.45, 7) is 1.88. The molecule has 0 radical (unpaired) electrons. The topological polar surface area (TPSA) is 67.3 Å². The zero-order valence-corrected chi connectivity index (χ0v) is 15.3. The van der Waals surface area contributed by atoms with E-state index in [2.05, 4.69) is 15.4 Å². The molecule has 0 aliphatic carbocycles. The van der Waals surface area contributed by atoms with Crippen molar-refractivity contribution in [2.75, 3.05) is 18.3 Å². The summed E-state index contributed by atoms with van der Waals surface area (Å²) in [5.74, 6) is 1.74. The highest BCUT2D eigenvalue weighted by atomic mass is 32.2. The maximum absolute atomic E-state index is 12.5. The zero-order chi connectivity index (χ0) is 18.1. The number of anilines is 1. The number of nitrogens with zero attached hydrogens (tertiary/aromatic N) is 3. The molecule has 1 aliphatic rings. The normalized spacial score (nSPS) is 16.9. The van der Waals surface area contributed by atoms with Crippen LogP contribution in [0.15, 0.2) is 48.5 Å². The summed E-state index contributed by atoms with van der Waals surface area (Å²) in [7, 11) is 1.64. The fourth-order valence-corrected chi connectivity index (χ4v) is 4.09. The predicted molar refractivity (Wildman–Crippen MR) is 103 cm³/mol. The third-order valence-electron chi connectivity index (χ3n) is 4.24. The van der Waals surface area contributed by atoms with Gasteiger partial charge < -0.3 is 4.74 Å². The van der Waals surface area contributed by atoms with Gasteiger partial charge >= 0.3 is 0 Å². The lowest BCUT2D eigenvalue weighted by atomic mass is 10.2. The van der Waals surface area contributed by atoms with E-state index >= 15 is 0 Å². The second-order valence-corrected chi connectivity index (χ2v) is 7.00. The Kier molecular flexibility index (Phi) is 4.38. The van der Waals surface area contributed by atoms with E-state index in [1.807, 2.05) is 55.5 Å². The van der Waals surface area contributed by atoms with Gasteiger partial charge in [0, 0.05) is 5.56 Å². The Bertz CT molecular complexity index is 979. The number of benzene rings is 2. The van der Waals surface area contributed by atoms with Crippen LogP contribution in [0.1, 0.15) is 16.6 Å². The molecule has 6 nitrogen and oxygen atoms in total. The number of aryl methyl sites for hydroxylation is 1. The van der Waals surface area contributed by atoms with Crippen LogP contribution in [0.25, 0.3) is 11.0 Å². The summed E-state index contributed by atoms with van der Waals surface area (Å²) >= 11 is 1.56. The number of thioether (sulfide) groups is 1. The van der Waals surface area contributed by atoms with Crippen LogP contribution in [0.3, 0.4) is 0 Å². The minimum atomic E-state index is -0.189. The number of ether oxygens (including phenoxy) is 1. The number of para-hydroxylation sites is 3. The molecule has 132 valence electrons. The smallest absolute Gasteiger partial charge is 0.252 e. The molecule has 1 N–H and O–H groups in total. The molecular formula is C19H18N4O2S. The zero-order valence-electron chi connectivity index (χ0n) is 14.5.